The highest BCUT2D eigenvalue weighted by Gasteiger charge is 2.38. The molecule has 0 bridgehead atoms. The van der Waals surface area contributed by atoms with Gasteiger partial charge in [0, 0.05) is 12.6 Å². The first kappa shape index (κ1) is 12.7. The molecule has 6 nitrogen and oxygen atoms in total. The number of anilines is 1. The molecular formula is C11H13FN2O4. The van der Waals surface area contributed by atoms with Crippen LogP contribution < -0.4 is 5.32 Å². The number of nitrogens with zero attached hydrogens (tertiary/aromatic N) is 1. The van der Waals surface area contributed by atoms with Crippen LogP contribution >= 0.6 is 0 Å². The third-order valence-corrected chi connectivity index (χ3v) is 2.97. The normalized spacial score (nSPS) is 17.0. The molecule has 0 aromatic heterocycles. The first-order chi connectivity index (χ1) is 8.56. The van der Waals surface area contributed by atoms with Crippen molar-refractivity contribution < 1.29 is 19.2 Å². The maximum absolute atomic E-state index is 13.6. The van der Waals surface area contributed by atoms with Crippen molar-refractivity contribution in [3.63, 3.8) is 0 Å². The van der Waals surface area contributed by atoms with Crippen LogP contribution in [0.4, 0.5) is 15.8 Å². The zero-order valence-electron chi connectivity index (χ0n) is 9.56. The largest absolute Gasteiger partial charge is 0.396 e. The van der Waals surface area contributed by atoms with E-state index >= 15 is 0 Å². The van der Waals surface area contributed by atoms with Gasteiger partial charge in [0.1, 0.15) is 0 Å². The number of nitro benzene ring substituents is 1. The summed E-state index contributed by atoms with van der Waals surface area (Å²) in [6.45, 7) is 1.16. The van der Waals surface area contributed by atoms with Crippen molar-refractivity contribution in [1.29, 1.82) is 0 Å². The monoisotopic (exact) mass is 256 g/mol. The number of nitro groups is 1. The lowest BCUT2D eigenvalue weighted by Crippen LogP contribution is -2.50. The van der Waals surface area contributed by atoms with Gasteiger partial charge >= 0.3 is 0 Å². The average molecular weight is 256 g/mol. The van der Waals surface area contributed by atoms with Gasteiger partial charge in [-0.1, -0.05) is 0 Å². The Morgan fingerprint density at radius 3 is 2.72 bits per heavy atom. The highest BCUT2D eigenvalue weighted by Crippen LogP contribution is 2.28. The minimum atomic E-state index is -0.683. The second kappa shape index (κ2) is 4.87. The van der Waals surface area contributed by atoms with Gasteiger partial charge in [-0.05, 0) is 6.07 Å². The second-order valence-electron chi connectivity index (χ2n) is 4.43. The van der Waals surface area contributed by atoms with Crippen LogP contribution in [0.5, 0.6) is 0 Å². The molecule has 98 valence electrons. The van der Waals surface area contributed by atoms with E-state index in [9.17, 15) is 19.6 Å². The van der Waals surface area contributed by atoms with Gasteiger partial charge in [-0.25, -0.2) is 4.39 Å². The van der Waals surface area contributed by atoms with E-state index < -0.39 is 10.7 Å². The molecule has 0 saturated carbocycles. The summed E-state index contributed by atoms with van der Waals surface area (Å²) in [6.07, 6.45) is 0. The van der Waals surface area contributed by atoms with Gasteiger partial charge in [0.15, 0.2) is 5.82 Å². The highest BCUT2D eigenvalue weighted by atomic mass is 19.1. The molecule has 18 heavy (non-hydrogen) atoms. The number of ether oxygens (including phenoxy) is 1. The third-order valence-electron chi connectivity index (χ3n) is 2.97. The van der Waals surface area contributed by atoms with Crippen molar-refractivity contribution in [2.45, 2.75) is 0 Å². The third kappa shape index (κ3) is 2.41. The van der Waals surface area contributed by atoms with E-state index in [0.717, 1.165) is 6.07 Å². The Labute approximate surface area is 103 Å². The van der Waals surface area contributed by atoms with E-state index in [-0.39, 0.29) is 23.4 Å². The zero-order chi connectivity index (χ0) is 13.2. The summed E-state index contributed by atoms with van der Waals surface area (Å²) in [6, 6.07) is 3.41. The lowest BCUT2D eigenvalue weighted by atomic mass is 9.87. The van der Waals surface area contributed by atoms with Gasteiger partial charge < -0.3 is 15.2 Å². The molecule has 0 unspecified atom stereocenters. The fraction of sp³-hybridized carbons (Fsp3) is 0.455. The molecule has 1 saturated heterocycles. The number of hydrogen-bond donors (Lipinski definition) is 2. The van der Waals surface area contributed by atoms with E-state index in [1.165, 1.54) is 12.1 Å². The van der Waals surface area contributed by atoms with E-state index in [1.807, 2.05) is 0 Å². The van der Waals surface area contributed by atoms with Crippen LogP contribution in [0.2, 0.25) is 0 Å². The Kier molecular flexibility index (Phi) is 3.44. The minimum Gasteiger partial charge on any atom is -0.396 e. The molecule has 1 heterocycles. The quantitative estimate of drug-likeness (QED) is 0.610. The number of aliphatic hydroxyl groups excluding tert-OH is 1. The Balaban J connectivity index is 2.03. The number of rotatable bonds is 5. The van der Waals surface area contributed by atoms with E-state index in [0.29, 0.717) is 19.8 Å². The number of aliphatic hydroxyl groups is 1. The van der Waals surface area contributed by atoms with Gasteiger partial charge in [-0.15, -0.1) is 0 Å². The summed E-state index contributed by atoms with van der Waals surface area (Å²) in [5.74, 6) is -0.683. The number of benzene rings is 1. The Morgan fingerprint density at radius 2 is 2.28 bits per heavy atom. The summed E-state index contributed by atoms with van der Waals surface area (Å²) >= 11 is 0. The summed E-state index contributed by atoms with van der Waals surface area (Å²) in [7, 11) is 0. The summed E-state index contributed by atoms with van der Waals surface area (Å²) < 4.78 is 18.6. The van der Waals surface area contributed by atoms with Crippen LogP contribution in [0.15, 0.2) is 18.2 Å². The molecule has 1 aliphatic rings. The van der Waals surface area contributed by atoms with Gasteiger partial charge in [0.25, 0.3) is 5.69 Å². The van der Waals surface area contributed by atoms with Crippen LogP contribution in [0.1, 0.15) is 0 Å². The van der Waals surface area contributed by atoms with Crippen LogP contribution in [-0.2, 0) is 4.74 Å². The molecule has 1 fully saturated rings. The van der Waals surface area contributed by atoms with Gasteiger partial charge in [-0.2, -0.15) is 0 Å². The van der Waals surface area contributed by atoms with Gasteiger partial charge in [0.05, 0.1) is 41.9 Å². The average Bonchev–Trinajstić information content (AvgIpc) is 2.29. The van der Waals surface area contributed by atoms with Crippen LogP contribution in [0.25, 0.3) is 0 Å². The predicted molar refractivity (Wildman–Crippen MR) is 61.9 cm³/mol. The smallest absolute Gasteiger partial charge is 0.272 e. The van der Waals surface area contributed by atoms with E-state index in [4.69, 9.17) is 4.74 Å². The fourth-order valence-corrected chi connectivity index (χ4v) is 1.68. The van der Waals surface area contributed by atoms with Gasteiger partial charge in [0.2, 0.25) is 0 Å². The van der Waals surface area contributed by atoms with Crippen LogP contribution in [0, 0.1) is 21.3 Å². The fourth-order valence-electron chi connectivity index (χ4n) is 1.68. The molecule has 0 radical (unpaired) electrons. The molecule has 1 aromatic carbocycles. The van der Waals surface area contributed by atoms with Crippen LogP contribution in [0.3, 0.4) is 0 Å². The lowest BCUT2D eigenvalue weighted by molar-refractivity contribution is -0.385. The van der Waals surface area contributed by atoms with Crippen LogP contribution in [-0.4, -0.2) is 36.4 Å². The van der Waals surface area contributed by atoms with Crippen molar-refractivity contribution in [2.24, 2.45) is 5.41 Å². The summed E-state index contributed by atoms with van der Waals surface area (Å²) in [5, 5.41) is 22.5. The highest BCUT2D eigenvalue weighted by molar-refractivity contribution is 5.50. The van der Waals surface area contributed by atoms with Crippen molar-refractivity contribution in [2.75, 3.05) is 31.7 Å². The predicted octanol–water partition coefficient (Wildman–Crippen LogP) is 1.15. The molecule has 0 aliphatic carbocycles. The number of hydrogen-bond acceptors (Lipinski definition) is 5. The van der Waals surface area contributed by atoms with Crippen molar-refractivity contribution in [3.8, 4) is 0 Å². The molecule has 0 atom stereocenters. The molecule has 1 aliphatic heterocycles. The summed E-state index contributed by atoms with van der Waals surface area (Å²) in [4.78, 5) is 9.80. The van der Waals surface area contributed by atoms with Crippen molar-refractivity contribution in [3.05, 3.63) is 34.1 Å². The molecule has 0 amide bonds. The number of halogens is 1. The van der Waals surface area contributed by atoms with E-state index in [2.05, 4.69) is 5.32 Å². The molecule has 1 aromatic rings. The molecule has 2 N–H and O–H groups in total. The molecule has 7 heteroatoms. The minimum absolute atomic E-state index is 0.0470. The SMILES string of the molecule is O=[N+]([O-])c1ccc(NCC2(CO)COC2)c(F)c1. The van der Waals surface area contributed by atoms with Crippen molar-refractivity contribution in [1.82, 2.24) is 0 Å². The second-order valence-corrected chi connectivity index (χ2v) is 4.43. The molecule has 0 spiro atoms. The molecular weight excluding hydrogens is 243 g/mol. The Bertz CT molecular complexity index is 457. The molecule has 2 rings (SSSR count). The number of non-ortho nitro benzene ring substituents is 1. The Hall–Kier alpha value is -1.73. The Morgan fingerprint density at radius 1 is 1.56 bits per heavy atom. The first-order valence-electron chi connectivity index (χ1n) is 5.43. The first-order valence-corrected chi connectivity index (χ1v) is 5.43. The van der Waals surface area contributed by atoms with E-state index in [1.54, 1.807) is 0 Å². The summed E-state index contributed by atoms with van der Waals surface area (Å²) in [5.41, 5.74) is -0.490. The standard InChI is InChI=1S/C11H13FN2O4/c12-9-3-8(14(16)17)1-2-10(9)13-4-11(5-15)6-18-7-11/h1-3,13,15H,4-7H2. The topological polar surface area (TPSA) is 84.6 Å². The van der Waals surface area contributed by atoms with Crippen molar-refractivity contribution >= 4 is 11.4 Å². The zero-order valence-corrected chi connectivity index (χ0v) is 9.56. The maximum atomic E-state index is 13.6. The van der Waals surface area contributed by atoms with Gasteiger partial charge in [-0.3, -0.25) is 10.1 Å². The lowest BCUT2D eigenvalue weighted by Gasteiger charge is -2.40. The number of nitrogens with one attached hydrogen (secondary N) is 1. The maximum Gasteiger partial charge on any atom is 0.272 e.